The summed E-state index contributed by atoms with van der Waals surface area (Å²) in [6.07, 6.45) is 4.70. The van der Waals surface area contributed by atoms with Crippen molar-refractivity contribution in [1.82, 2.24) is 10.7 Å². The van der Waals surface area contributed by atoms with Gasteiger partial charge in [-0.3, -0.25) is 15.5 Å². The molecule has 1 aromatic rings. The van der Waals surface area contributed by atoms with Crippen LogP contribution < -0.4 is 10.7 Å². The third-order valence-corrected chi connectivity index (χ3v) is 2.36. The highest BCUT2D eigenvalue weighted by molar-refractivity contribution is 7.80. The molecule has 0 saturated carbocycles. The second-order valence-corrected chi connectivity index (χ2v) is 4.60. The van der Waals surface area contributed by atoms with Crippen LogP contribution in [-0.4, -0.2) is 22.3 Å². The summed E-state index contributed by atoms with van der Waals surface area (Å²) < 4.78 is 0. The second kappa shape index (κ2) is 8.00. The molecule has 0 aromatic heterocycles. The number of nitro benzene ring substituents is 1. The highest BCUT2D eigenvalue weighted by atomic mass is 32.1. The van der Waals surface area contributed by atoms with E-state index in [1.165, 1.54) is 12.3 Å². The van der Waals surface area contributed by atoms with Gasteiger partial charge >= 0.3 is 0 Å². The lowest BCUT2D eigenvalue weighted by atomic mass is 10.2. The highest BCUT2D eigenvalue weighted by Gasteiger charge is 2.08. The van der Waals surface area contributed by atoms with Gasteiger partial charge in [0.2, 0.25) is 0 Å². The number of nitrogens with zero attached hydrogens (tertiary/aromatic N) is 2. The molecule has 2 N–H and O–H groups in total. The van der Waals surface area contributed by atoms with Gasteiger partial charge in [0.05, 0.1) is 10.5 Å². The molecule has 0 saturated heterocycles. The average molecular weight is 292 g/mol. The first-order valence-corrected chi connectivity index (χ1v) is 6.41. The highest BCUT2D eigenvalue weighted by Crippen LogP contribution is 2.18. The summed E-state index contributed by atoms with van der Waals surface area (Å²) in [7, 11) is 0. The molecule has 0 unspecified atom stereocenters. The molecule has 20 heavy (non-hydrogen) atoms. The summed E-state index contributed by atoms with van der Waals surface area (Å²) >= 11 is 4.98. The molecule has 0 spiro atoms. The fraction of sp³-hybridized carbons (Fsp3) is 0.231. The van der Waals surface area contributed by atoms with E-state index in [-0.39, 0.29) is 11.7 Å². The Morgan fingerprint density at radius 2 is 2.15 bits per heavy atom. The summed E-state index contributed by atoms with van der Waals surface area (Å²) in [4.78, 5) is 10.4. The van der Waals surface area contributed by atoms with Crippen LogP contribution in [0, 0.1) is 10.1 Å². The van der Waals surface area contributed by atoms with Gasteiger partial charge in [0.25, 0.3) is 5.69 Å². The fourth-order valence-electron chi connectivity index (χ4n) is 1.37. The molecule has 0 heterocycles. The van der Waals surface area contributed by atoms with Crippen LogP contribution in [0.1, 0.15) is 19.4 Å². The number of hydrogen-bond donors (Lipinski definition) is 2. The van der Waals surface area contributed by atoms with E-state index in [9.17, 15) is 10.1 Å². The molecule has 0 fully saturated rings. The zero-order valence-corrected chi connectivity index (χ0v) is 12.1. The maximum absolute atomic E-state index is 10.8. The topological polar surface area (TPSA) is 79.6 Å². The number of rotatable bonds is 5. The van der Waals surface area contributed by atoms with E-state index in [0.717, 1.165) is 0 Å². The number of nitro groups is 1. The molecule has 0 amide bonds. The Labute approximate surface area is 122 Å². The van der Waals surface area contributed by atoms with Gasteiger partial charge in [-0.15, -0.1) is 0 Å². The molecular formula is C13H16N4O2S. The van der Waals surface area contributed by atoms with Gasteiger partial charge in [-0.1, -0.05) is 12.1 Å². The Balaban J connectivity index is 2.57. The van der Waals surface area contributed by atoms with Crippen molar-refractivity contribution in [2.45, 2.75) is 19.9 Å². The average Bonchev–Trinajstić information content (AvgIpc) is 2.37. The molecule has 0 radical (unpaired) electrons. The molecular weight excluding hydrogens is 276 g/mol. The van der Waals surface area contributed by atoms with Crippen LogP contribution in [0.5, 0.6) is 0 Å². The van der Waals surface area contributed by atoms with E-state index in [1.807, 2.05) is 13.8 Å². The van der Waals surface area contributed by atoms with Crippen molar-refractivity contribution in [1.29, 1.82) is 0 Å². The summed E-state index contributed by atoms with van der Waals surface area (Å²) in [6, 6.07) is 6.72. The van der Waals surface area contributed by atoms with Gasteiger partial charge in [0.15, 0.2) is 5.11 Å². The number of hydrogen-bond acceptors (Lipinski definition) is 4. The van der Waals surface area contributed by atoms with Gasteiger partial charge in [0.1, 0.15) is 0 Å². The second-order valence-electron chi connectivity index (χ2n) is 4.19. The molecule has 1 aromatic carbocycles. The molecule has 0 atom stereocenters. The first-order chi connectivity index (χ1) is 9.50. The first-order valence-electron chi connectivity index (χ1n) is 6.00. The van der Waals surface area contributed by atoms with Gasteiger partial charge in [-0.2, -0.15) is 5.10 Å². The van der Waals surface area contributed by atoms with Crippen molar-refractivity contribution >= 4 is 35.3 Å². The van der Waals surface area contributed by atoms with E-state index in [2.05, 4.69) is 15.8 Å². The van der Waals surface area contributed by atoms with Gasteiger partial charge in [-0.05, 0) is 44.3 Å². The van der Waals surface area contributed by atoms with Crippen LogP contribution in [0.4, 0.5) is 5.69 Å². The number of hydrazone groups is 1. The Morgan fingerprint density at radius 3 is 2.80 bits per heavy atom. The van der Waals surface area contributed by atoms with Gasteiger partial charge < -0.3 is 5.32 Å². The smallest absolute Gasteiger partial charge is 0.276 e. The van der Waals surface area contributed by atoms with Crippen molar-refractivity contribution in [3.8, 4) is 0 Å². The number of benzene rings is 1. The Morgan fingerprint density at radius 1 is 1.45 bits per heavy atom. The molecule has 0 aliphatic heterocycles. The molecule has 0 aliphatic carbocycles. The van der Waals surface area contributed by atoms with Crippen LogP contribution in [-0.2, 0) is 0 Å². The van der Waals surface area contributed by atoms with E-state index < -0.39 is 4.92 Å². The minimum Gasteiger partial charge on any atom is -0.359 e. The van der Waals surface area contributed by atoms with Crippen molar-refractivity contribution in [2.75, 3.05) is 0 Å². The van der Waals surface area contributed by atoms with Crippen molar-refractivity contribution < 1.29 is 4.92 Å². The van der Waals surface area contributed by atoms with Crippen LogP contribution in [0.25, 0.3) is 6.08 Å². The molecule has 0 aliphatic rings. The molecule has 106 valence electrons. The third-order valence-electron chi connectivity index (χ3n) is 2.16. The number of nitrogens with one attached hydrogen (secondary N) is 2. The van der Waals surface area contributed by atoms with Crippen LogP contribution in [0.3, 0.4) is 0 Å². The number of thiocarbonyl (C=S) groups is 1. The monoisotopic (exact) mass is 292 g/mol. The van der Waals surface area contributed by atoms with E-state index in [0.29, 0.717) is 10.7 Å². The van der Waals surface area contributed by atoms with Crippen molar-refractivity contribution in [3.63, 3.8) is 0 Å². The number of allylic oxidation sites excluding steroid dienone is 1. The normalized spacial score (nSPS) is 11.2. The molecule has 6 nitrogen and oxygen atoms in total. The van der Waals surface area contributed by atoms with E-state index in [1.54, 1.807) is 30.4 Å². The zero-order valence-electron chi connectivity index (χ0n) is 11.2. The van der Waals surface area contributed by atoms with Gasteiger partial charge in [-0.25, -0.2) is 0 Å². The first kappa shape index (κ1) is 15.8. The standard InChI is InChI=1S/C13H16N4O2S/c1-10(2)15-13(20)16-14-9-5-7-11-6-3-4-8-12(11)17(18)19/h3-10H,1-2H3,(H2,15,16,20)/b7-5+,14-9-. The lowest BCUT2D eigenvalue weighted by Gasteiger charge is -2.08. The zero-order chi connectivity index (χ0) is 15.0. The largest absolute Gasteiger partial charge is 0.359 e. The van der Waals surface area contributed by atoms with Crippen LogP contribution >= 0.6 is 12.2 Å². The third kappa shape index (κ3) is 5.57. The quantitative estimate of drug-likeness (QED) is 0.377. The maximum Gasteiger partial charge on any atom is 0.276 e. The van der Waals surface area contributed by atoms with E-state index >= 15 is 0 Å². The maximum atomic E-state index is 10.8. The van der Waals surface area contributed by atoms with Gasteiger partial charge in [0, 0.05) is 18.3 Å². The fourth-order valence-corrected chi connectivity index (χ4v) is 1.66. The minimum absolute atomic E-state index is 0.0575. The number of para-hydroxylation sites is 1. The molecule has 0 bridgehead atoms. The summed E-state index contributed by atoms with van der Waals surface area (Å²) in [5.74, 6) is 0. The predicted octanol–water partition coefficient (Wildman–Crippen LogP) is 2.47. The summed E-state index contributed by atoms with van der Waals surface area (Å²) in [6.45, 7) is 3.93. The summed E-state index contributed by atoms with van der Waals surface area (Å²) in [5, 5.41) is 18.1. The molecule has 1 rings (SSSR count). The van der Waals surface area contributed by atoms with Crippen LogP contribution in [0.2, 0.25) is 0 Å². The predicted molar refractivity (Wildman–Crippen MR) is 84.6 cm³/mol. The SMILES string of the molecule is CC(C)NC(=S)N/N=C\C=C\c1ccccc1[N+](=O)[O-]. The van der Waals surface area contributed by atoms with Crippen molar-refractivity contribution in [3.05, 3.63) is 46.0 Å². The Hall–Kier alpha value is -2.28. The Kier molecular flexibility index (Phi) is 6.31. The lowest BCUT2D eigenvalue weighted by molar-refractivity contribution is -0.385. The minimum atomic E-state index is -0.420. The van der Waals surface area contributed by atoms with Crippen molar-refractivity contribution in [2.24, 2.45) is 5.10 Å². The van der Waals surface area contributed by atoms with E-state index in [4.69, 9.17) is 12.2 Å². The van der Waals surface area contributed by atoms with Crippen LogP contribution in [0.15, 0.2) is 35.4 Å². The Bertz CT molecular complexity index is 541. The molecule has 7 heteroatoms. The summed E-state index contributed by atoms with van der Waals surface area (Å²) in [5.41, 5.74) is 3.22. The lowest BCUT2D eigenvalue weighted by Crippen LogP contribution is -2.36.